The smallest absolute Gasteiger partial charge is 0.0232 e. The van der Waals surface area contributed by atoms with E-state index in [2.05, 4.69) is 25.6 Å². The first-order valence-corrected chi connectivity index (χ1v) is 7.91. The van der Waals surface area contributed by atoms with Crippen LogP contribution in [0.1, 0.15) is 65.2 Å². The Balaban J connectivity index is 1.90. The van der Waals surface area contributed by atoms with Crippen molar-refractivity contribution in [2.45, 2.75) is 70.0 Å². The third-order valence-electron chi connectivity index (χ3n) is 5.34. The van der Waals surface area contributed by atoms with Gasteiger partial charge in [-0.2, -0.15) is 0 Å². The van der Waals surface area contributed by atoms with Gasteiger partial charge in [0.25, 0.3) is 0 Å². The monoisotopic (exact) mass is 236 g/mol. The van der Waals surface area contributed by atoms with E-state index in [4.69, 9.17) is 0 Å². The van der Waals surface area contributed by atoms with Crippen LogP contribution in [-0.2, 0) is 0 Å². The van der Waals surface area contributed by atoms with Gasteiger partial charge in [0, 0.05) is 4.75 Å². The van der Waals surface area contributed by atoms with Gasteiger partial charge in [0.2, 0.25) is 0 Å². The van der Waals surface area contributed by atoms with E-state index >= 15 is 0 Å². The molecule has 0 aromatic heterocycles. The van der Waals surface area contributed by atoms with E-state index in [0.29, 0.717) is 4.75 Å². The zero-order chi connectivity index (χ0) is 11.2. The predicted molar refractivity (Wildman–Crippen MR) is 72.6 cm³/mol. The summed E-state index contributed by atoms with van der Waals surface area (Å²) in [6.45, 7) is 5.05. The Labute approximate surface area is 104 Å². The molecule has 1 fully saturated rings. The number of fused-ring (bicyclic) bond motifs is 1. The summed E-state index contributed by atoms with van der Waals surface area (Å²) in [5.41, 5.74) is 1.85. The summed E-state index contributed by atoms with van der Waals surface area (Å²) >= 11 is 2.29. The largest absolute Gasteiger partial charge is 0.124 e. The van der Waals surface area contributed by atoms with Crippen molar-refractivity contribution in [2.24, 2.45) is 11.8 Å². The Morgan fingerprint density at radius 1 is 1.12 bits per heavy atom. The van der Waals surface area contributed by atoms with E-state index in [1.54, 1.807) is 4.91 Å². The fourth-order valence-electron chi connectivity index (χ4n) is 3.98. The molecule has 0 spiro atoms. The van der Waals surface area contributed by atoms with Gasteiger partial charge in [-0.3, -0.25) is 0 Å². The molecule has 0 aromatic carbocycles. The van der Waals surface area contributed by atoms with Crippen molar-refractivity contribution in [1.29, 1.82) is 0 Å². The maximum absolute atomic E-state index is 2.56. The molecule has 0 nitrogen and oxygen atoms in total. The quantitative estimate of drug-likeness (QED) is 0.561. The highest BCUT2D eigenvalue weighted by molar-refractivity contribution is 8.04. The SMILES string of the molecule is CC1CCCC2CC3=C(CCCC3)SC12C. The maximum Gasteiger partial charge on any atom is 0.0232 e. The van der Waals surface area contributed by atoms with Crippen LogP contribution in [0, 0.1) is 11.8 Å². The van der Waals surface area contributed by atoms with Crippen LogP contribution in [0.4, 0.5) is 0 Å². The number of hydrogen-bond donors (Lipinski definition) is 0. The standard InChI is InChI=1S/C15H24S/c1-11-6-5-8-13-10-12-7-3-4-9-14(12)16-15(11,13)2/h11,13H,3-10H2,1-2H3. The zero-order valence-electron chi connectivity index (χ0n) is 10.7. The molecule has 1 heterocycles. The van der Waals surface area contributed by atoms with Crippen LogP contribution in [0.3, 0.4) is 0 Å². The van der Waals surface area contributed by atoms with Gasteiger partial charge in [0.15, 0.2) is 0 Å². The molecule has 0 aromatic rings. The first-order valence-electron chi connectivity index (χ1n) is 7.10. The van der Waals surface area contributed by atoms with Crippen LogP contribution in [0.15, 0.2) is 10.5 Å². The Bertz CT molecular complexity index is 317. The average Bonchev–Trinajstić information content (AvgIpc) is 2.28. The summed E-state index contributed by atoms with van der Waals surface area (Å²) in [6.07, 6.45) is 11.6. The van der Waals surface area contributed by atoms with Gasteiger partial charge >= 0.3 is 0 Å². The molecule has 1 heteroatoms. The maximum atomic E-state index is 2.56. The highest BCUT2D eigenvalue weighted by Gasteiger charge is 2.46. The number of rotatable bonds is 0. The average molecular weight is 236 g/mol. The van der Waals surface area contributed by atoms with E-state index in [1.165, 1.54) is 51.4 Å². The van der Waals surface area contributed by atoms with Crippen molar-refractivity contribution in [2.75, 3.05) is 0 Å². The molecule has 0 saturated heterocycles. The van der Waals surface area contributed by atoms with Crippen molar-refractivity contribution in [3.8, 4) is 0 Å². The summed E-state index contributed by atoms with van der Waals surface area (Å²) in [5.74, 6) is 1.91. The molecule has 0 bridgehead atoms. The minimum absolute atomic E-state index is 0.578. The molecule has 3 rings (SSSR count). The molecule has 3 atom stereocenters. The molecule has 90 valence electrons. The van der Waals surface area contributed by atoms with Gasteiger partial charge in [-0.25, -0.2) is 0 Å². The molecule has 16 heavy (non-hydrogen) atoms. The summed E-state index contributed by atoms with van der Waals surface area (Å²) in [5, 5.41) is 0. The van der Waals surface area contributed by atoms with Gasteiger partial charge in [0.05, 0.1) is 0 Å². The Hall–Kier alpha value is 0.0900. The lowest BCUT2D eigenvalue weighted by Crippen LogP contribution is -2.43. The van der Waals surface area contributed by atoms with E-state index in [1.807, 2.05) is 5.57 Å². The minimum Gasteiger partial charge on any atom is -0.124 e. The van der Waals surface area contributed by atoms with Crippen LogP contribution in [0.25, 0.3) is 0 Å². The van der Waals surface area contributed by atoms with Crippen LogP contribution in [-0.4, -0.2) is 4.75 Å². The molecule has 0 radical (unpaired) electrons. The molecule has 1 aliphatic heterocycles. The lowest BCUT2D eigenvalue weighted by atomic mass is 9.69. The van der Waals surface area contributed by atoms with Gasteiger partial charge in [0.1, 0.15) is 0 Å². The fourth-order valence-corrected chi connectivity index (χ4v) is 5.77. The lowest BCUT2D eigenvalue weighted by Gasteiger charge is -2.50. The summed E-state index contributed by atoms with van der Waals surface area (Å²) in [4.78, 5) is 1.80. The van der Waals surface area contributed by atoms with Crippen molar-refractivity contribution in [1.82, 2.24) is 0 Å². The van der Waals surface area contributed by atoms with Gasteiger partial charge in [-0.15, -0.1) is 11.8 Å². The second-order valence-corrected chi connectivity index (χ2v) is 7.83. The van der Waals surface area contributed by atoms with Crippen LogP contribution in [0.5, 0.6) is 0 Å². The summed E-state index contributed by atoms with van der Waals surface area (Å²) in [6, 6.07) is 0. The fraction of sp³-hybridized carbons (Fsp3) is 0.867. The third kappa shape index (κ3) is 1.66. The van der Waals surface area contributed by atoms with E-state index in [-0.39, 0.29) is 0 Å². The van der Waals surface area contributed by atoms with E-state index in [9.17, 15) is 0 Å². The van der Waals surface area contributed by atoms with Gasteiger partial charge < -0.3 is 0 Å². The zero-order valence-corrected chi connectivity index (χ0v) is 11.5. The van der Waals surface area contributed by atoms with Crippen molar-refractivity contribution < 1.29 is 0 Å². The number of hydrogen-bond acceptors (Lipinski definition) is 1. The normalized spacial score (nSPS) is 43.9. The van der Waals surface area contributed by atoms with Gasteiger partial charge in [-0.1, -0.05) is 18.9 Å². The van der Waals surface area contributed by atoms with E-state index < -0.39 is 0 Å². The second kappa shape index (κ2) is 4.08. The molecule has 3 aliphatic rings. The van der Waals surface area contributed by atoms with Crippen LogP contribution < -0.4 is 0 Å². The van der Waals surface area contributed by atoms with Crippen molar-refractivity contribution >= 4 is 11.8 Å². The Kier molecular flexibility index (Phi) is 2.86. The van der Waals surface area contributed by atoms with Gasteiger partial charge in [-0.05, 0) is 68.6 Å². The number of thioether (sulfide) groups is 1. The van der Waals surface area contributed by atoms with Crippen molar-refractivity contribution in [3.05, 3.63) is 10.5 Å². The lowest BCUT2D eigenvalue weighted by molar-refractivity contribution is 0.210. The van der Waals surface area contributed by atoms with E-state index in [0.717, 1.165) is 11.8 Å². The first-order chi connectivity index (χ1) is 7.70. The second-order valence-electron chi connectivity index (χ2n) is 6.25. The first kappa shape index (κ1) is 11.2. The highest BCUT2D eigenvalue weighted by atomic mass is 32.2. The summed E-state index contributed by atoms with van der Waals surface area (Å²) < 4.78 is 0.578. The molecule has 2 aliphatic carbocycles. The molecular weight excluding hydrogens is 212 g/mol. The Morgan fingerprint density at radius 3 is 2.81 bits per heavy atom. The minimum atomic E-state index is 0.578. The molecule has 0 amide bonds. The van der Waals surface area contributed by atoms with Crippen LogP contribution in [0.2, 0.25) is 0 Å². The molecule has 3 unspecified atom stereocenters. The number of allylic oxidation sites excluding steroid dienone is 2. The highest BCUT2D eigenvalue weighted by Crippen LogP contribution is 2.58. The molecule has 0 N–H and O–H groups in total. The van der Waals surface area contributed by atoms with Crippen molar-refractivity contribution in [3.63, 3.8) is 0 Å². The molecular formula is C15H24S. The summed E-state index contributed by atoms with van der Waals surface area (Å²) in [7, 11) is 0. The predicted octanol–water partition coefficient (Wildman–Crippen LogP) is 5.15. The van der Waals surface area contributed by atoms with Crippen LogP contribution >= 0.6 is 11.8 Å². The Morgan fingerprint density at radius 2 is 1.94 bits per heavy atom. The third-order valence-corrected chi connectivity index (χ3v) is 7.26. The topological polar surface area (TPSA) is 0 Å². The molecule has 1 saturated carbocycles.